The Balaban J connectivity index is 1.79. The minimum atomic E-state index is -0.427. The molecule has 0 amide bonds. The van der Waals surface area contributed by atoms with E-state index in [1.807, 2.05) is 0 Å². The highest BCUT2D eigenvalue weighted by atomic mass is 35.5. The first-order valence-corrected chi connectivity index (χ1v) is 7.39. The second-order valence-corrected chi connectivity index (χ2v) is 5.71. The largest absolute Gasteiger partial charge is 0.350 e. The van der Waals surface area contributed by atoms with E-state index in [1.54, 1.807) is 30.3 Å². The van der Waals surface area contributed by atoms with Crippen molar-refractivity contribution in [1.82, 2.24) is 5.32 Å². The molecule has 7 heteroatoms. The van der Waals surface area contributed by atoms with E-state index in [4.69, 9.17) is 27.9 Å². The second-order valence-electron chi connectivity index (χ2n) is 4.90. The van der Waals surface area contributed by atoms with Crippen LogP contribution in [0, 0.1) is 10.1 Å². The van der Waals surface area contributed by atoms with Crippen LogP contribution in [0.3, 0.4) is 0 Å². The van der Waals surface area contributed by atoms with Crippen LogP contribution in [0.1, 0.15) is 23.5 Å². The van der Waals surface area contributed by atoms with E-state index in [1.165, 1.54) is 12.1 Å². The second kappa shape index (κ2) is 6.22. The number of nitrogens with zero attached hydrogens (tertiary/aromatic N) is 1. The Kier molecular flexibility index (Phi) is 4.31. The van der Waals surface area contributed by atoms with Crippen LogP contribution in [0.15, 0.2) is 42.5 Å². The molecule has 1 N–H and O–H groups in total. The lowest BCUT2D eigenvalue weighted by molar-refractivity contribution is -0.384. The number of ether oxygens (including phenoxy) is 1. The smallest absolute Gasteiger partial charge is 0.269 e. The maximum absolute atomic E-state index is 10.7. The molecular formula is C15H12Cl2N2O3. The number of hydrogen-bond donors (Lipinski definition) is 1. The fraction of sp³-hybridized carbons (Fsp3) is 0.200. The van der Waals surface area contributed by atoms with Crippen molar-refractivity contribution in [3.8, 4) is 0 Å². The molecule has 114 valence electrons. The van der Waals surface area contributed by atoms with Crippen LogP contribution in [0.25, 0.3) is 0 Å². The fourth-order valence-electron chi connectivity index (χ4n) is 2.41. The summed E-state index contributed by atoms with van der Waals surface area (Å²) in [5.41, 5.74) is 1.62. The number of rotatable bonds is 3. The Morgan fingerprint density at radius 3 is 2.36 bits per heavy atom. The molecular weight excluding hydrogens is 327 g/mol. The Bertz CT molecular complexity index is 686. The number of halogens is 2. The van der Waals surface area contributed by atoms with E-state index >= 15 is 0 Å². The lowest BCUT2D eigenvalue weighted by Gasteiger charge is -2.15. The number of nitrogens with one attached hydrogen (secondary N) is 1. The van der Waals surface area contributed by atoms with Gasteiger partial charge in [-0.3, -0.25) is 15.4 Å². The van der Waals surface area contributed by atoms with Crippen molar-refractivity contribution < 1.29 is 9.66 Å². The zero-order chi connectivity index (χ0) is 15.7. The normalized spacial score (nSPS) is 21.0. The molecule has 2 atom stereocenters. The van der Waals surface area contributed by atoms with E-state index in [-0.39, 0.29) is 11.8 Å². The van der Waals surface area contributed by atoms with Crippen LogP contribution in [0.2, 0.25) is 10.0 Å². The summed E-state index contributed by atoms with van der Waals surface area (Å²) in [5, 5.41) is 15.0. The summed E-state index contributed by atoms with van der Waals surface area (Å²) in [6, 6.07) is 11.6. The zero-order valence-electron chi connectivity index (χ0n) is 11.3. The van der Waals surface area contributed by atoms with Gasteiger partial charge in [-0.2, -0.15) is 0 Å². The maximum Gasteiger partial charge on any atom is 0.269 e. The lowest BCUT2D eigenvalue weighted by atomic mass is 10.1. The van der Waals surface area contributed by atoms with Crippen molar-refractivity contribution in [2.24, 2.45) is 0 Å². The minimum Gasteiger partial charge on any atom is -0.350 e. The molecule has 2 aromatic rings. The molecule has 1 fully saturated rings. The molecule has 0 radical (unpaired) electrons. The molecule has 1 heterocycles. The zero-order valence-corrected chi connectivity index (χ0v) is 12.8. The molecule has 0 saturated carbocycles. The number of nitro benzene ring substituents is 1. The highest BCUT2D eigenvalue weighted by Gasteiger charge is 2.30. The van der Waals surface area contributed by atoms with Crippen molar-refractivity contribution in [2.75, 3.05) is 6.54 Å². The topological polar surface area (TPSA) is 64.4 Å². The van der Waals surface area contributed by atoms with Crippen molar-refractivity contribution >= 4 is 28.9 Å². The van der Waals surface area contributed by atoms with Gasteiger partial charge in [0.05, 0.1) is 11.0 Å². The van der Waals surface area contributed by atoms with E-state index in [2.05, 4.69) is 5.32 Å². The number of hydrogen-bond acceptors (Lipinski definition) is 4. The predicted octanol–water partition coefficient (Wildman–Crippen LogP) is 4.26. The van der Waals surface area contributed by atoms with E-state index < -0.39 is 11.2 Å². The summed E-state index contributed by atoms with van der Waals surface area (Å²) >= 11 is 12.4. The highest BCUT2D eigenvalue weighted by Crippen LogP contribution is 2.37. The summed E-state index contributed by atoms with van der Waals surface area (Å²) in [7, 11) is 0. The number of benzene rings is 2. The Hall–Kier alpha value is -1.66. The third-order valence-corrected chi connectivity index (χ3v) is 4.19. The monoisotopic (exact) mass is 338 g/mol. The third kappa shape index (κ3) is 2.94. The van der Waals surface area contributed by atoms with Crippen molar-refractivity contribution in [1.29, 1.82) is 0 Å². The summed E-state index contributed by atoms with van der Waals surface area (Å²) in [6.45, 7) is 0.573. The standard InChI is InChI=1S/C15H12Cl2N2O3/c16-11-2-1-3-12(17)14(11)15-18-8-13(22-15)9-4-6-10(7-5-9)19(20)21/h1-7,13,15,18H,8H2/t13-,15+/m1/s1. The van der Waals surface area contributed by atoms with Gasteiger partial charge in [-0.1, -0.05) is 29.3 Å². The van der Waals surface area contributed by atoms with Crippen molar-refractivity contribution in [3.05, 3.63) is 73.8 Å². The Morgan fingerprint density at radius 2 is 1.77 bits per heavy atom. The molecule has 1 aliphatic rings. The van der Waals surface area contributed by atoms with E-state index in [9.17, 15) is 10.1 Å². The summed E-state index contributed by atoms with van der Waals surface area (Å²) in [6.07, 6.45) is -0.612. The number of nitro groups is 1. The molecule has 5 nitrogen and oxygen atoms in total. The molecule has 0 unspecified atom stereocenters. The van der Waals surface area contributed by atoms with Crippen LogP contribution >= 0.6 is 23.2 Å². The van der Waals surface area contributed by atoms with Gasteiger partial charge in [-0.25, -0.2) is 0 Å². The first-order chi connectivity index (χ1) is 10.6. The van der Waals surface area contributed by atoms with E-state index in [0.29, 0.717) is 22.2 Å². The summed E-state index contributed by atoms with van der Waals surface area (Å²) in [4.78, 5) is 10.3. The summed E-state index contributed by atoms with van der Waals surface area (Å²) in [5.74, 6) is 0. The van der Waals surface area contributed by atoms with Gasteiger partial charge < -0.3 is 4.74 Å². The molecule has 1 saturated heterocycles. The van der Waals surface area contributed by atoms with Crippen LogP contribution in [-0.4, -0.2) is 11.5 Å². The van der Waals surface area contributed by atoms with Crippen LogP contribution in [-0.2, 0) is 4.74 Å². The Labute approximate surface area is 137 Å². The van der Waals surface area contributed by atoms with Crippen molar-refractivity contribution in [3.63, 3.8) is 0 Å². The van der Waals surface area contributed by atoms with Gasteiger partial charge in [0.2, 0.25) is 0 Å². The van der Waals surface area contributed by atoms with E-state index in [0.717, 1.165) is 5.56 Å². The van der Waals surface area contributed by atoms with Gasteiger partial charge in [0, 0.05) is 34.3 Å². The van der Waals surface area contributed by atoms with Gasteiger partial charge >= 0.3 is 0 Å². The highest BCUT2D eigenvalue weighted by molar-refractivity contribution is 6.36. The number of non-ortho nitro benzene ring substituents is 1. The van der Waals surface area contributed by atoms with Crippen LogP contribution in [0.5, 0.6) is 0 Å². The molecule has 0 bridgehead atoms. The average molecular weight is 339 g/mol. The quantitative estimate of drug-likeness (QED) is 0.670. The first kappa shape index (κ1) is 15.2. The first-order valence-electron chi connectivity index (χ1n) is 6.63. The molecule has 0 spiro atoms. The predicted molar refractivity (Wildman–Crippen MR) is 84.1 cm³/mol. The van der Waals surface area contributed by atoms with Gasteiger partial charge in [0.25, 0.3) is 5.69 Å². The van der Waals surface area contributed by atoms with Gasteiger partial charge in [-0.05, 0) is 29.8 Å². The van der Waals surface area contributed by atoms with Crippen molar-refractivity contribution in [2.45, 2.75) is 12.3 Å². The van der Waals surface area contributed by atoms with Gasteiger partial charge in [0.1, 0.15) is 6.23 Å². The minimum absolute atomic E-state index is 0.0559. The van der Waals surface area contributed by atoms with Crippen LogP contribution in [0.4, 0.5) is 5.69 Å². The van der Waals surface area contributed by atoms with Gasteiger partial charge in [-0.15, -0.1) is 0 Å². The molecule has 2 aromatic carbocycles. The van der Waals surface area contributed by atoms with Crippen LogP contribution < -0.4 is 5.32 Å². The molecule has 0 aromatic heterocycles. The van der Waals surface area contributed by atoms with Gasteiger partial charge in [0.15, 0.2) is 0 Å². The SMILES string of the molecule is O=[N+]([O-])c1ccc([C@H]2CN[C@H](c3c(Cl)cccc3Cl)O2)cc1. The molecule has 0 aliphatic carbocycles. The fourth-order valence-corrected chi connectivity index (χ4v) is 3.01. The Morgan fingerprint density at radius 1 is 1.14 bits per heavy atom. The third-order valence-electron chi connectivity index (χ3n) is 3.53. The molecule has 1 aliphatic heterocycles. The lowest BCUT2D eigenvalue weighted by Crippen LogP contribution is -2.14. The molecule has 3 rings (SSSR count). The summed E-state index contributed by atoms with van der Waals surface area (Å²) < 4.78 is 5.95. The average Bonchev–Trinajstić information content (AvgIpc) is 2.97. The maximum atomic E-state index is 10.7. The molecule has 22 heavy (non-hydrogen) atoms.